The predicted molar refractivity (Wildman–Crippen MR) is 115 cm³/mol. The second kappa shape index (κ2) is 8.83. The molecule has 2 aromatic carbocycles. The Morgan fingerprint density at radius 1 is 1.07 bits per heavy atom. The highest BCUT2D eigenvalue weighted by Crippen LogP contribution is 2.22. The average Bonchev–Trinajstić information content (AvgIpc) is 3.02. The second-order valence-electron chi connectivity index (χ2n) is 7.40. The number of benzene rings is 2. The number of carbonyl (C=O) groups excluding carboxylic acids is 4. The van der Waals surface area contributed by atoms with Gasteiger partial charge >= 0.3 is 5.97 Å². The number of hydrogen-bond donors (Lipinski definition) is 0. The maximum absolute atomic E-state index is 12.8. The monoisotopic (exact) mass is 425 g/mol. The molecule has 0 radical (unpaired) electrons. The van der Waals surface area contributed by atoms with E-state index in [0.717, 1.165) is 33.4 Å². The number of thioether (sulfide) groups is 1. The summed E-state index contributed by atoms with van der Waals surface area (Å²) >= 11 is 0.964. The standard InChI is InChI=1S/C23H23NO5S/c1-13-8-15(3)19(9-14(13)2)21(26)16(4)29-22(27)18-7-5-6-17(10-18)11-24-20(25)12-30-23(24)28/h5-10,16H,11-12H2,1-4H3. The van der Waals surface area contributed by atoms with Crippen LogP contribution >= 0.6 is 11.8 Å². The molecule has 1 aliphatic rings. The average molecular weight is 426 g/mol. The van der Waals surface area contributed by atoms with Gasteiger partial charge in [-0.25, -0.2) is 4.79 Å². The zero-order valence-electron chi connectivity index (χ0n) is 17.4. The molecule has 7 heteroatoms. The highest BCUT2D eigenvalue weighted by atomic mass is 32.2. The molecule has 1 unspecified atom stereocenters. The molecular weight excluding hydrogens is 402 g/mol. The van der Waals surface area contributed by atoms with Crippen LogP contribution in [0, 0.1) is 20.8 Å². The Morgan fingerprint density at radius 3 is 2.43 bits per heavy atom. The van der Waals surface area contributed by atoms with Crippen molar-refractivity contribution in [1.29, 1.82) is 0 Å². The van der Waals surface area contributed by atoms with Gasteiger partial charge in [0.25, 0.3) is 5.24 Å². The number of hydrogen-bond acceptors (Lipinski definition) is 6. The lowest BCUT2D eigenvalue weighted by molar-refractivity contribution is -0.125. The van der Waals surface area contributed by atoms with Gasteiger partial charge in [-0.2, -0.15) is 0 Å². The van der Waals surface area contributed by atoms with E-state index >= 15 is 0 Å². The minimum absolute atomic E-state index is 0.0993. The molecule has 1 saturated heterocycles. The van der Waals surface area contributed by atoms with Crippen molar-refractivity contribution in [3.05, 3.63) is 69.8 Å². The fraction of sp³-hybridized carbons (Fsp3) is 0.304. The number of ketones is 1. The molecule has 0 aromatic heterocycles. The highest BCUT2D eigenvalue weighted by Gasteiger charge is 2.30. The van der Waals surface area contributed by atoms with Crippen molar-refractivity contribution in [3.63, 3.8) is 0 Å². The van der Waals surface area contributed by atoms with Crippen molar-refractivity contribution >= 4 is 34.7 Å². The van der Waals surface area contributed by atoms with E-state index in [0.29, 0.717) is 11.1 Å². The van der Waals surface area contributed by atoms with Crippen LogP contribution in [0.3, 0.4) is 0 Å². The number of amides is 2. The summed E-state index contributed by atoms with van der Waals surface area (Å²) in [6.45, 7) is 7.42. The van der Waals surface area contributed by atoms with Crippen molar-refractivity contribution in [3.8, 4) is 0 Å². The van der Waals surface area contributed by atoms with Crippen molar-refractivity contribution in [2.75, 3.05) is 5.75 Å². The van der Waals surface area contributed by atoms with Crippen molar-refractivity contribution in [1.82, 2.24) is 4.90 Å². The van der Waals surface area contributed by atoms with Crippen LogP contribution in [0.1, 0.15) is 49.9 Å². The van der Waals surface area contributed by atoms with Gasteiger partial charge in [0, 0.05) is 5.56 Å². The summed E-state index contributed by atoms with van der Waals surface area (Å²) in [4.78, 5) is 50.1. The van der Waals surface area contributed by atoms with Gasteiger partial charge in [-0.15, -0.1) is 0 Å². The van der Waals surface area contributed by atoms with Gasteiger partial charge in [-0.05, 0) is 68.1 Å². The van der Waals surface area contributed by atoms with Crippen LogP contribution < -0.4 is 0 Å². The molecule has 0 N–H and O–H groups in total. The molecular formula is C23H23NO5S. The molecule has 2 amide bonds. The Bertz CT molecular complexity index is 1030. The fourth-order valence-corrected chi connectivity index (χ4v) is 3.97. The Labute approximate surface area is 179 Å². The summed E-state index contributed by atoms with van der Waals surface area (Å²) in [7, 11) is 0. The highest BCUT2D eigenvalue weighted by molar-refractivity contribution is 8.14. The van der Waals surface area contributed by atoms with Crippen molar-refractivity contribution < 1.29 is 23.9 Å². The van der Waals surface area contributed by atoms with Gasteiger partial charge in [0.2, 0.25) is 11.7 Å². The van der Waals surface area contributed by atoms with Gasteiger partial charge < -0.3 is 4.74 Å². The maximum Gasteiger partial charge on any atom is 0.338 e. The molecule has 6 nitrogen and oxygen atoms in total. The molecule has 0 bridgehead atoms. The van der Waals surface area contributed by atoms with Crippen molar-refractivity contribution in [2.45, 2.75) is 40.3 Å². The van der Waals surface area contributed by atoms with E-state index in [1.807, 2.05) is 32.9 Å². The third kappa shape index (κ3) is 4.62. The Morgan fingerprint density at radius 2 is 1.77 bits per heavy atom. The lowest BCUT2D eigenvalue weighted by atomic mass is 9.96. The summed E-state index contributed by atoms with van der Waals surface area (Å²) < 4.78 is 5.40. The molecule has 0 saturated carbocycles. The number of Topliss-reactive ketones (excluding diaryl/α,β-unsaturated/α-hetero) is 1. The topological polar surface area (TPSA) is 80.8 Å². The summed E-state index contributed by atoms with van der Waals surface area (Å²) in [5.74, 6) is -1.00. The largest absolute Gasteiger partial charge is 0.451 e. The third-order valence-corrected chi connectivity index (χ3v) is 5.96. The van der Waals surface area contributed by atoms with E-state index in [2.05, 4.69) is 0 Å². The predicted octanol–water partition coefficient (Wildman–Crippen LogP) is 4.24. The zero-order valence-corrected chi connectivity index (χ0v) is 18.2. The molecule has 30 heavy (non-hydrogen) atoms. The normalized spacial score (nSPS) is 14.7. The first-order valence-corrected chi connectivity index (χ1v) is 10.5. The molecule has 0 spiro atoms. The van der Waals surface area contributed by atoms with E-state index in [1.165, 1.54) is 0 Å². The molecule has 0 aliphatic carbocycles. The molecule has 1 heterocycles. The van der Waals surface area contributed by atoms with Gasteiger partial charge in [-0.1, -0.05) is 30.0 Å². The van der Waals surface area contributed by atoms with Crippen LogP contribution in [0.2, 0.25) is 0 Å². The number of aryl methyl sites for hydroxylation is 3. The van der Waals surface area contributed by atoms with Crippen LogP contribution in [0.15, 0.2) is 36.4 Å². The Kier molecular flexibility index (Phi) is 6.41. The number of nitrogens with zero attached hydrogens (tertiary/aromatic N) is 1. The second-order valence-corrected chi connectivity index (χ2v) is 8.32. The van der Waals surface area contributed by atoms with E-state index in [1.54, 1.807) is 31.2 Å². The number of carbonyl (C=O) groups is 4. The van der Waals surface area contributed by atoms with Crippen LogP contribution in [0.4, 0.5) is 4.79 Å². The molecule has 1 aliphatic heterocycles. The molecule has 1 fully saturated rings. The molecule has 2 aromatic rings. The number of esters is 1. The molecule has 3 rings (SSSR count). The van der Waals surface area contributed by atoms with Gasteiger partial charge in [0.05, 0.1) is 17.9 Å². The Balaban J connectivity index is 1.71. The van der Waals surface area contributed by atoms with Crippen LogP contribution in [0.25, 0.3) is 0 Å². The summed E-state index contributed by atoms with van der Waals surface area (Å²) in [5.41, 5.74) is 4.37. The quantitative estimate of drug-likeness (QED) is 0.509. The van der Waals surface area contributed by atoms with E-state index in [4.69, 9.17) is 4.74 Å². The van der Waals surface area contributed by atoms with Crippen LogP contribution in [-0.2, 0) is 16.1 Å². The first-order chi connectivity index (χ1) is 14.2. The van der Waals surface area contributed by atoms with Crippen LogP contribution in [-0.4, -0.2) is 39.7 Å². The Hall–Kier alpha value is -2.93. The summed E-state index contributed by atoms with van der Waals surface area (Å²) in [6, 6.07) is 10.3. The number of rotatable bonds is 6. The fourth-order valence-electron chi connectivity index (χ4n) is 3.24. The van der Waals surface area contributed by atoms with Crippen LogP contribution in [0.5, 0.6) is 0 Å². The minimum Gasteiger partial charge on any atom is -0.451 e. The van der Waals surface area contributed by atoms with Crippen molar-refractivity contribution in [2.24, 2.45) is 0 Å². The lowest BCUT2D eigenvalue weighted by Crippen LogP contribution is -2.28. The van der Waals surface area contributed by atoms with E-state index < -0.39 is 12.1 Å². The summed E-state index contributed by atoms with van der Waals surface area (Å²) in [5, 5.41) is -0.295. The van der Waals surface area contributed by atoms with Gasteiger partial charge in [0.15, 0.2) is 6.10 Å². The van der Waals surface area contributed by atoms with E-state index in [9.17, 15) is 19.2 Å². The smallest absolute Gasteiger partial charge is 0.338 e. The van der Waals surface area contributed by atoms with E-state index in [-0.39, 0.29) is 34.8 Å². The number of imide groups is 1. The molecule has 1 atom stereocenters. The lowest BCUT2D eigenvalue weighted by Gasteiger charge is -2.16. The zero-order chi connectivity index (χ0) is 22.0. The van der Waals surface area contributed by atoms with Gasteiger partial charge in [-0.3, -0.25) is 19.3 Å². The molecule has 156 valence electrons. The third-order valence-electron chi connectivity index (χ3n) is 5.10. The number of ether oxygens (including phenoxy) is 1. The minimum atomic E-state index is -0.944. The summed E-state index contributed by atoms with van der Waals surface area (Å²) in [6.07, 6.45) is -0.944. The first-order valence-electron chi connectivity index (χ1n) is 9.56. The van der Waals surface area contributed by atoms with Gasteiger partial charge in [0.1, 0.15) is 0 Å². The SMILES string of the molecule is Cc1cc(C)c(C(=O)C(C)OC(=O)c2cccc(CN3C(=O)CSC3=O)c2)cc1C. The first kappa shape index (κ1) is 21.8. The maximum atomic E-state index is 12.8.